The molecule has 2 saturated heterocycles. The number of hydrogen-bond acceptors (Lipinski definition) is 2. The summed E-state index contributed by atoms with van der Waals surface area (Å²) in [7, 11) is 2.28. The molecule has 0 aromatic carbocycles. The van der Waals surface area contributed by atoms with Crippen molar-refractivity contribution in [1.82, 2.24) is 9.80 Å². The summed E-state index contributed by atoms with van der Waals surface area (Å²) in [4.78, 5) is 5.31. The van der Waals surface area contributed by atoms with Crippen molar-refractivity contribution in [2.45, 2.75) is 51.5 Å². The van der Waals surface area contributed by atoms with Gasteiger partial charge in [0.1, 0.15) is 0 Å². The van der Waals surface area contributed by atoms with Crippen LogP contribution in [0.3, 0.4) is 0 Å². The summed E-state index contributed by atoms with van der Waals surface area (Å²) in [6.07, 6.45) is 8.85. The third kappa shape index (κ3) is 2.39. The lowest BCUT2D eigenvalue weighted by molar-refractivity contribution is -0.0264. The summed E-state index contributed by atoms with van der Waals surface area (Å²) < 4.78 is 0. The van der Waals surface area contributed by atoms with Crippen LogP contribution in [-0.4, -0.2) is 49.1 Å². The van der Waals surface area contributed by atoms with Gasteiger partial charge in [-0.2, -0.15) is 0 Å². The summed E-state index contributed by atoms with van der Waals surface area (Å²) in [5.74, 6) is 1.02. The van der Waals surface area contributed by atoms with Gasteiger partial charge >= 0.3 is 0 Å². The van der Waals surface area contributed by atoms with Gasteiger partial charge in [-0.05, 0) is 76.5 Å². The monoisotopic (exact) mass is 236 g/mol. The zero-order valence-corrected chi connectivity index (χ0v) is 11.6. The van der Waals surface area contributed by atoms with Gasteiger partial charge in [0, 0.05) is 12.6 Å². The van der Waals surface area contributed by atoms with Crippen LogP contribution in [-0.2, 0) is 0 Å². The highest BCUT2D eigenvalue weighted by atomic mass is 15.2. The molecule has 3 fully saturated rings. The molecule has 0 aromatic heterocycles. The fourth-order valence-electron chi connectivity index (χ4n) is 4.63. The average Bonchev–Trinajstić information content (AvgIpc) is 2.28. The van der Waals surface area contributed by atoms with E-state index in [1.54, 1.807) is 0 Å². The standard InChI is InChI=1S/C15H28N2/c1-13-10-15(11-13)5-8-17(9-6-15)14-4-3-7-16(2)12-14/h13-14H,3-12H2,1-2H3. The van der Waals surface area contributed by atoms with Crippen molar-refractivity contribution in [3.8, 4) is 0 Å². The second-order valence-corrected chi connectivity index (χ2v) is 7.11. The van der Waals surface area contributed by atoms with Crippen molar-refractivity contribution in [3.63, 3.8) is 0 Å². The van der Waals surface area contributed by atoms with E-state index in [0.29, 0.717) is 0 Å². The van der Waals surface area contributed by atoms with Crippen LogP contribution in [0.15, 0.2) is 0 Å². The highest BCUT2D eigenvalue weighted by Crippen LogP contribution is 2.52. The summed E-state index contributed by atoms with van der Waals surface area (Å²) in [6, 6.07) is 0.864. The number of likely N-dealkylation sites (N-methyl/N-ethyl adjacent to an activating group) is 1. The SMILES string of the molecule is CC1CC2(CCN(C3CCCN(C)C3)CC2)C1. The van der Waals surface area contributed by atoms with E-state index in [0.717, 1.165) is 17.4 Å². The highest BCUT2D eigenvalue weighted by molar-refractivity contribution is 4.97. The molecule has 0 N–H and O–H groups in total. The molecular formula is C15H28N2. The van der Waals surface area contributed by atoms with E-state index in [4.69, 9.17) is 0 Å². The lowest BCUT2D eigenvalue weighted by atomic mass is 9.58. The summed E-state index contributed by atoms with van der Waals surface area (Å²) in [6.45, 7) is 7.80. The van der Waals surface area contributed by atoms with E-state index in [1.165, 1.54) is 64.7 Å². The first-order valence-electron chi connectivity index (χ1n) is 7.59. The molecule has 0 aromatic rings. The van der Waals surface area contributed by atoms with Crippen LogP contribution >= 0.6 is 0 Å². The minimum Gasteiger partial charge on any atom is -0.305 e. The summed E-state index contributed by atoms with van der Waals surface area (Å²) >= 11 is 0. The van der Waals surface area contributed by atoms with Crippen LogP contribution in [0, 0.1) is 11.3 Å². The lowest BCUT2D eigenvalue weighted by Crippen LogP contribution is -2.53. The van der Waals surface area contributed by atoms with E-state index >= 15 is 0 Å². The fraction of sp³-hybridized carbons (Fsp3) is 1.00. The number of likely N-dealkylation sites (tertiary alicyclic amines) is 2. The van der Waals surface area contributed by atoms with Crippen LogP contribution in [0.5, 0.6) is 0 Å². The van der Waals surface area contributed by atoms with Crippen molar-refractivity contribution in [1.29, 1.82) is 0 Å². The van der Waals surface area contributed by atoms with Crippen molar-refractivity contribution in [3.05, 3.63) is 0 Å². The van der Waals surface area contributed by atoms with Crippen LogP contribution in [0.25, 0.3) is 0 Å². The molecule has 1 saturated carbocycles. The van der Waals surface area contributed by atoms with Gasteiger partial charge in [0.2, 0.25) is 0 Å². The first kappa shape index (κ1) is 12.0. The van der Waals surface area contributed by atoms with E-state index in [-0.39, 0.29) is 0 Å². The zero-order valence-electron chi connectivity index (χ0n) is 11.6. The maximum absolute atomic E-state index is 2.80. The predicted molar refractivity (Wildman–Crippen MR) is 72.2 cm³/mol. The molecule has 1 atom stereocenters. The number of nitrogens with zero attached hydrogens (tertiary/aromatic N) is 2. The lowest BCUT2D eigenvalue weighted by Gasteiger charge is -2.53. The van der Waals surface area contributed by atoms with E-state index in [1.807, 2.05) is 0 Å². The number of hydrogen-bond donors (Lipinski definition) is 0. The van der Waals surface area contributed by atoms with Crippen molar-refractivity contribution < 1.29 is 0 Å². The smallest absolute Gasteiger partial charge is 0.0223 e. The molecule has 1 aliphatic carbocycles. The molecule has 1 spiro atoms. The molecule has 2 aliphatic heterocycles. The van der Waals surface area contributed by atoms with Gasteiger partial charge in [-0.15, -0.1) is 0 Å². The molecule has 3 rings (SSSR count). The van der Waals surface area contributed by atoms with Gasteiger partial charge in [-0.25, -0.2) is 0 Å². The minimum absolute atomic E-state index is 0.788. The Balaban J connectivity index is 1.51. The Kier molecular flexibility index (Phi) is 3.20. The van der Waals surface area contributed by atoms with Crippen molar-refractivity contribution >= 4 is 0 Å². The van der Waals surface area contributed by atoms with Crippen LogP contribution < -0.4 is 0 Å². The Hall–Kier alpha value is -0.0800. The van der Waals surface area contributed by atoms with E-state index in [9.17, 15) is 0 Å². The topological polar surface area (TPSA) is 6.48 Å². The Labute approximate surface area is 106 Å². The Morgan fingerprint density at radius 2 is 1.76 bits per heavy atom. The van der Waals surface area contributed by atoms with Crippen molar-refractivity contribution in [2.24, 2.45) is 11.3 Å². The van der Waals surface area contributed by atoms with Crippen LogP contribution in [0.4, 0.5) is 0 Å². The molecule has 2 nitrogen and oxygen atoms in total. The third-order valence-electron chi connectivity index (χ3n) is 5.54. The third-order valence-corrected chi connectivity index (χ3v) is 5.54. The van der Waals surface area contributed by atoms with Crippen LogP contribution in [0.2, 0.25) is 0 Å². The molecule has 0 bridgehead atoms. The second-order valence-electron chi connectivity index (χ2n) is 7.11. The molecule has 2 heterocycles. The molecule has 3 aliphatic rings. The maximum atomic E-state index is 2.80. The van der Waals surface area contributed by atoms with Crippen molar-refractivity contribution in [2.75, 3.05) is 33.2 Å². The average molecular weight is 236 g/mol. The number of piperidine rings is 2. The van der Waals surface area contributed by atoms with Gasteiger partial charge < -0.3 is 4.90 Å². The first-order chi connectivity index (χ1) is 8.17. The van der Waals surface area contributed by atoms with Gasteiger partial charge in [-0.3, -0.25) is 4.90 Å². The summed E-state index contributed by atoms with van der Waals surface area (Å²) in [5, 5.41) is 0. The van der Waals surface area contributed by atoms with Gasteiger partial charge in [-0.1, -0.05) is 6.92 Å². The summed E-state index contributed by atoms with van der Waals surface area (Å²) in [5.41, 5.74) is 0.788. The zero-order chi connectivity index (χ0) is 11.9. The first-order valence-corrected chi connectivity index (χ1v) is 7.59. The predicted octanol–water partition coefficient (Wildman–Crippen LogP) is 2.59. The Morgan fingerprint density at radius 1 is 1.06 bits per heavy atom. The molecule has 0 amide bonds. The molecule has 17 heavy (non-hydrogen) atoms. The van der Waals surface area contributed by atoms with E-state index < -0.39 is 0 Å². The minimum atomic E-state index is 0.788. The van der Waals surface area contributed by atoms with Gasteiger partial charge in [0.15, 0.2) is 0 Å². The molecular weight excluding hydrogens is 208 g/mol. The highest BCUT2D eigenvalue weighted by Gasteiger charge is 2.44. The Morgan fingerprint density at radius 3 is 2.35 bits per heavy atom. The quantitative estimate of drug-likeness (QED) is 0.690. The molecule has 1 unspecified atom stereocenters. The van der Waals surface area contributed by atoms with Gasteiger partial charge in [0.25, 0.3) is 0 Å². The maximum Gasteiger partial charge on any atom is 0.0223 e. The number of rotatable bonds is 1. The van der Waals surface area contributed by atoms with E-state index in [2.05, 4.69) is 23.8 Å². The molecule has 98 valence electrons. The largest absolute Gasteiger partial charge is 0.305 e. The van der Waals surface area contributed by atoms with Crippen LogP contribution in [0.1, 0.15) is 45.4 Å². The van der Waals surface area contributed by atoms with Gasteiger partial charge in [0.05, 0.1) is 0 Å². The normalized spacial score (nSPS) is 36.0. The second kappa shape index (κ2) is 4.55. The Bertz CT molecular complexity index is 260. The fourth-order valence-corrected chi connectivity index (χ4v) is 4.63. The molecule has 0 radical (unpaired) electrons. The molecule has 2 heteroatoms.